The Labute approximate surface area is 212 Å². The summed E-state index contributed by atoms with van der Waals surface area (Å²) in [6, 6.07) is 10.1. The highest BCUT2D eigenvalue weighted by molar-refractivity contribution is 7.86. The molecule has 6 nitrogen and oxygen atoms in total. The van der Waals surface area contributed by atoms with Gasteiger partial charge in [-0.25, -0.2) is 4.39 Å². The standard InChI is InChI=1S/C28H32FNO5S/c1-27(13-11-22-9-7-19(16-30-22)18-5-4-6-21(29)15-18)23-10-8-20-17-34-26(31)25(20)28(23,2)14-12-24(27)35-36(3,32)33/h4-7,9,11,13,15-16,20,23-25H,8,10,12,14,17H2,1-3H3/b13-11+/t20-,23-,24+,25+,27+,28-/m1/s1. The van der Waals surface area contributed by atoms with Gasteiger partial charge in [-0.2, -0.15) is 8.42 Å². The molecule has 192 valence electrons. The number of pyridine rings is 1. The zero-order valence-corrected chi connectivity index (χ0v) is 21.6. The van der Waals surface area contributed by atoms with Gasteiger partial charge in [-0.3, -0.25) is 14.0 Å². The molecule has 0 amide bonds. The molecule has 1 aliphatic heterocycles. The van der Waals surface area contributed by atoms with Crippen LogP contribution in [0.15, 0.2) is 48.7 Å². The third kappa shape index (κ3) is 4.50. The highest BCUT2D eigenvalue weighted by Crippen LogP contribution is 2.63. The van der Waals surface area contributed by atoms with Gasteiger partial charge in [-0.1, -0.05) is 38.1 Å². The van der Waals surface area contributed by atoms with Crippen LogP contribution in [0.3, 0.4) is 0 Å². The number of rotatable bonds is 5. The van der Waals surface area contributed by atoms with Crippen LogP contribution in [-0.2, 0) is 23.8 Å². The number of halogens is 1. The Morgan fingerprint density at radius 3 is 2.64 bits per heavy atom. The first-order valence-electron chi connectivity index (χ1n) is 12.5. The number of aromatic nitrogens is 1. The first-order valence-corrected chi connectivity index (χ1v) is 14.3. The highest BCUT2D eigenvalue weighted by atomic mass is 32.2. The van der Waals surface area contributed by atoms with Crippen molar-refractivity contribution in [2.24, 2.45) is 28.6 Å². The maximum Gasteiger partial charge on any atom is 0.309 e. The Morgan fingerprint density at radius 2 is 1.94 bits per heavy atom. The van der Waals surface area contributed by atoms with E-state index in [0.717, 1.165) is 30.2 Å². The maximum atomic E-state index is 13.6. The van der Waals surface area contributed by atoms with Crippen LogP contribution in [0.25, 0.3) is 17.2 Å². The molecule has 0 unspecified atom stereocenters. The SMILES string of the molecule is C[C@@]1(/C=C/c2ccc(-c3cccc(F)c3)cn2)[C@@H](OS(C)(=O)=O)CC[C@@]2(C)[C@@H]3C(=O)OC[C@H]3CC[C@H]12. The van der Waals surface area contributed by atoms with Gasteiger partial charge in [-0.05, 0) is 66.9 Å². The zero-order chi connectivity index (χ0) is 25.7. The van der Waals surface area contributed by atoms with Gasteiger partial charge in [0.15, 0.2) is 0 Å². The van der Waals surface area contributed by atoms with E-state index >= 15 is 0 Å². The summed E-state index contributed by atoms with van der Waals surface area (Å²) in [4.78, 5) is 17.3. The van der Waals surface area contributed by atoms with Crippen molar-refractivity contribution in [3.8, 4) is 11.1 Å². The van der Waals surface area contributed by atoms with Gasteiger partial charge in [0, 0.05) is 23.1 Å². The Morgan fingerprint density at radius 1 is 1.14 bits per heavy atom. The molecule has 1 aromatic heterocycles. The summed E-state index contributed by atoms with van der Waals surface area (Å²) in [6.45, 7) is 4.68. The van der Waals surface area contributed by atoms with Crippen molar-refractivity contribution >= 4 is 22.2 Å². The minimum absolute atomic E-state index is 0.0419. The van der Waals surface area contributed by atoms with Crippen molar-refractivity contribution in [3.05, 3.63) is 60.2 Å². The second kappa shape index (κ2) is 9.06. The minimum Gasteiger partial charge on any atom is -0.465 e. The Balaban J connectivity index is 1.48. The number of ether oxygens (including phenoxy) is 1. The molecule has 2 heterocycles. The smallest absolute Gasteiger partial charge is 0.309 e. The summed E-state index contributed by atoms with van der Waals surface area (Å²) in [5.41, 5.74) is 1.32. The Hall–Kier alpha value is -2.58. The summed E-state index contributed by atoms with van der Waals surface area (Å²) < 4.78 is 49.1. The number of fused-ring (bicyclic) bond motifs is 3. The summed E-state index contributed by atoms with van der Waals surface area (Å²) in [5, 5.41) is 0. The van der Waals surface area contributed by atoms with E-state index in [9.17, 15) is 17.6 Å². The van der Waals surface area contributed by atoms with E-state index in [1.54, 1.807) is 12.3 Å². The summed E-state index contributed by atoms with van der Waals surface area (Å²) in [6.07, 6.45) is 9.14. The normalized spacial score (nSPS) is 34.3. The molecular weight excluding hydrogens is 481 g/mol. The van der Waals surface area contributed by atoms with Crippen molar-refractivity contribution in [1.82, 2.24) is 4.98 Å². The quantitative estimate of drug-likeness (QED) is 0.401. The Bertz CT molecular complexity index is 1290. The summed E-state index contributed by atoms with van der Waals surface area (Å²) in [7, 11) is -3.68. The number of hydrogen-bond acceptors (Lipinski definition) is 6. The van der Waals surface area contributed by atoms with E-state index in [4.69, 9.17) is 8.92 Å². The molecule has 6 atom stereocenters. The molecule has 0 spiro atoms. The Kier molecular flexibility index (Phi) is 6.32. The van der Waals surface area contributed by atoms with Gasteiger partial charge in [-0.15, -0.1) is 0 Å². The van der Waals surface area contributed by atoms with E-state index in [1.165, 1.54) is 12.1 Å². The lowest BCUT2D eigenvalue weighted by Gasteiger charge is -2.59. The van der Waals surface area contributed by atoms with Crippen LogP contribution in [0.2, 0.25) is 0 Å². The molecule has 0 N–H and O–H groups in total. The fourth-order valence-electron chi connectivity index (χ4n) is 7.08. The van der Waals surface area contributed by atoms with E-state index in [1.807, 2.05) is 37.3 Å². The lowest BCUT2D eigenvalue weighted by Crippen LogP contribution is -2.58. The van der Waals surface area contributed by atoms with Gasteiger partial charge in [0.2, 0.25) is 0 Å². The first-order chi connectivity index (χ1) is 17.0. The van der Waals surface area contributed by atoms with Crippen LogP contribution < -0.4 is 0 Å². The van der Waals surface area contributed by atoms with Crippen LogP contribution in [0.5, 0.6) is 0 Å². The topological polar surface area (TPSA) is 82.6 Å². The van der Waals surface area contributed by atoms with Gasteiger partial charge in [0.25, 0.3) is 10.1 Å². The number of benzene rings is 1. The molecule has 2 aliphatic carbocycles. The molecule has 2 aromatic rings. The molecule has 36 heavy (non-hydrogen) atoms. The van der Waals surface area contributed by atoms with Crippen molar-refractivity contribution in [1.29, 1.82) is 0 Å². The third-order valence-electron chi connectivity index (χ3n) is 8.74. The van der Waals surface area contributed by atoms with E-state index in [2.05, 4.69) is 11.9 Å². The first kappa shape index (κ1) is 25.1. The predicted molar refractivity (Wildman–Crippen MR) is 134 cm³/mol. The highest BCUT2D eigenvalue weighted by Gasteiger charge is 2.63. The average molecular weight is 514 g/mol. The predicted octanol–water partition coefficient (Wildman–Crippen LogP) is 5.25. The summed E-state index contributed by atoms with van der Waals surface area (Å²) in [5.74, 6) is -0.346. The number of cyclic esters (lactones) is 1. The number of carbonyl (C=O) groups excluding carboxylic acids is 1. The average Bonchev–Trinajstić information content (AvgIpc) is 3.21. The second-order valence-electron chi connectivity index (χ2n) is 11.0. The molecule has 0 radical (unpaired) electrons. The largest absolute Gasteiger partial charge is 0.465 e. The van der Waals surface area contributed by atoms with Crippen LogP contribution in [0, 0.1) is 34.4 Å². The molecular formula is C28H32FNO5S. The maximum absolute atomic E-state index is 13.6. The molecule has 1 aromatic carbocycles. The van der Waals surface area contributed by atoms with Gasteiger partial charge < -0.3 is 4.74 Å². The number of hydrogen-bond donors (Lipinski definition) is 0. The molecule has 2 saturated carbocycles. The molecule has 0 bridgehead atoms. The summed E-state index contributed by atoms with van der Waals surface area (Å²) >= 11 is 0. The molecule has 3 fully saturated rings. The fraction of sp³-hybridized carbons (Fsp3) is 0.500. The van der Waals surface area contributed by atoms with Crippen molar-refractivity contribution in [2.75, 3.05) is 12.9 Å². The van der Waals surface area contributed by atoms with Crippen molar-refractivity contribution in [3.63, 3.8) is 0 Å². The number of carbonyl (C=O) groups is 1. The van der Waals surface area contributed by atoms with Crippen LogP contribution in [0.4, 0.5) is 4.39 Å². The van der Waals surface area contributed by atoms with Crippen LogP contribution >= 0.6 is 0 Å². The lowest BCUT2D eigenvalue weighted by atomic mass is 9.45. The molecule has 3 aliphatic rings. The number of esters is 1. The van der Waals surface area contributed by atoms with Crippen LogP contribution in [0.1, 0.15) is 45.2 Å². The van der Waals surface area contributed by atoms with E-state index < -0.39 is 21.6 Å². The zero-order valence-electron chi connectivity index (χ0n) is 20.8. The van der Waals surface area contributed by atoms with Gasteiger partial charge in [0.05, 0.1) is 30.6 Å². The molecule has 1 saturated heterocycles. The van der Waals surface area contributed by atoms with Gasteiger partial charge >= 0.3 is 5.97 Å². The third-order valence-corrected chi connectivity index (χ3v) is 9.32. The van der Waals surface area contributed by atoms with E-state index in [0.29, 0.717) is 25.1 Å². The van der Waals surface area contributed by atoms with Gasteiger partial charge in [0.1, 0.15) is 5.82 Å². The monoisotopic (exact) mass is 513 g/mol. The van der Waals surface area contributed by atoms with Crippen LogP contribution in [-0.4, -0.2) is 38.3 Å². The second-order valence-corrected chi connectivity index (χ2v) is 12.6. The fourth-order valence-corrected chi connectivity index (χ4v) is 7.80. The minimum atomic E-state index is -3.68. The van der Waals surface area contributed by atoms with Crippen molar-refractivity contribution in [2.45, 2.75) is 45.6 Å². The van der Waals surface area contributed by atoms with Crippen molar-refractivity contribution < 1.29 is 26.5 Å². The molecule has 8 heteroatoms. The van der Waals surface area contributed by atoms with E-state index in [-0.39, 0.29) is 35.0 Å². The number of nitrogens with zero attached hydrogens (tertiary/aromatic N) is 1. The molecule has 5 rings (SSSR count). The lowest BCUT2D eigenvalue weighted by molar-refractivity contribution is -0.157.